The number of aromatic nitrogens is 1. The first-order valence-corrected chi connectivity index (χ1v) is 9.98. The van der Waals surface area contributed by atoms with Gasteiger partial charge in [0.25, 0.3) is 5.91 Å². The highest BCUT2D eigenvalue weighted by Gasteiger charge is 2.33. The number of pyridine rings is 1. The number of aromatic hydroxyl groups is 1. The minimum absolute atomic E-state index is 0.0149. The third-order valence-electron chi connectivity index (χ3n) is 4.92. The van der Waals surface area contributed by atoms with E-state index in [0.29, 0.717) is 13.2 Å². The van der Waals surface area contributed by atoms with Gasteiger partial charge in [0.15, 0.2) is 11.4 Å². The van der Waals surface area contributed by atoms with Crippen molar-refractivity contribution in [3.63, 3.8) is 0 Å². The van der Waals surface area contributed by atoms with Crippen LogP contribution in [0.25, 0.3) is 10.4 Å². The van der Waals surface area contributed by atoms with Crippen molar-refractivity contribution in [1.82, 2.24) is 9.58 Å². The summed E-state index contributed by atoms with van der Waals surface area (Å²) in [6, 6.07) is 13.5. The fraction of sp³-hybridized carbons (Fsp3) is 0.238. The molecule has 1 N–H and O–H groups in total. The molecule has 28 heavy (non-hydrogen) atoms. The number of hydrogen-bond donors (Lipinski definition) is 1. The molecule has 3 aromatic rings. The van der Waals surface area contributed by atoms with Crippen molar-refractivity contribution in [2.75, 3.05) is 11.7 Å². The molecule has 0 saturated heterocycles. The monoisotopic (exact) mass is 395 g/mol. The van der Waals surface area contributed by atoms with Gasteiger partial charge in [0.1, 0.15) is 6.67 Å². The number of hydrogen-bond acceptors (Lipinski definition) is 5. The molecule has 7 heteroatoms. The number of rotatable bonds is 4. The van der Waals surface area contributed by atoms with Crippen molar-refractivity contribution >= 4 is 17.2 Å². The second-order valence-electron chi connectivity index (χ2n) is 7.03. The zero-order chi connectivity index (χ0) is 19.8. The van der Waals surface area contributed by atoms with Crippen molar-refractivity contribution in [3.05, 3.63) is 75.5 Å². The van der Waals surface area contributed by atoms with Crippen LogP contribution in [0, 0.1) is 0 Å². The normalized spacial score (nSPS) is 13.9. The van der Waals surface area contributed by atoms with E-state index < -0.39 is 11.2 Å². The summed E-state index contributed by atoms with van der Waals surface area (Å²) >= 11 is 1.68. The topological polar surface area (TPSA) is 65.8 Å². The second kappa shape index (κ2) is 7.16. The van der Waals surface area contributed by atoms with Gasteiger partial charge in [-0.2, -0.15) is 0 Å². The Morgan fingerprint density at radius 3 is 2.61 bits per heavy atom. The predicted molar refractivity (Wildman–Crippen MR) is 110 cm³/mol. The second-order valence-corrected chi connectivity index (χ2v) is 7.98. The molecule has 1 aromatic carbocycles. The van der Waals surface area contributed by atoms with Gasteiger partial charge < -0.3 is 10.0 Å². The Balaban J connectivity index is 1.79. The molecule has 1 aliphatic rings. The largest absolute Gasteiger partial charge is 0.502 e. The highest BCUT2D eigenvalue weighted by atomic mass is 32.1. The number of amides is 1. The summed E-state index contributed by atoms with van der Waals surface area (Å²) in [5.74, 6) is -0.845. The Morgan fingerprint density at radius 1 is 1.11 bits per heavy atom. The van der Waals surface area contributed by atoms with Gasteiger partial charge in [0.2, 0.25) is 5.43 Å². The lowest BCUT2D eigenvalue weighted by atomic mass is 10.1. The van der Waals surface area contributed by atoms with E-state index in [2.05, 4.69) is 18.2 Å². The molecule has 3 heterocycles. The first kappa shape index (κ1) is 18.3. The summed E-state index contributed by atoms with van der Waals surface area (Å²) < 4.78 is 1.60. The molecule has 2 aromatic heterocycles. The summed E-state index contributed by atoms with van der Waals surface area (Å²) in [7, 11) is 0. The lowest BCUT2D eigenvalue weighted by Gasteiger charge is -2.41. The Hall–Kier alpha value is -3.06. The van der Waals surface area contributed by atoms with Crippen LogP contribution in [0.5, 0.6) is 5.75 Å². The number of nitrogens with zero attached hydrogens (tertiary/aromatic N) is 3. The zero-order valence-corrected chi connectivity index (χ0v) is 16.5. The molecule has 0 saturated carbocycles. The molecule has 0 fully saturated rings. The molecule has 1 amide bonds. The van der Waals surface area contributed by atoms with Gasteiger partial charge in [-0.25, -0.2) is 0 Å². The van der Waals surface area contributed by atoms with E-state index >= 15 is 0 Å². The molecule has 0 unspecified atom stereocenters. The maximum absolute atomic E-state index is 12.9. The van der Waals surface area contributed by atoms with Gasteiger partial charge in [-0.1, -0.05) is 30.3 Å². The summed E-state index contributed by atoms with van der Waals surface area (Å²) in [4.78, 5) is 27.6. The van der Waals surface area contributed by atoms with Gasteiger partial charge in [0, 0.05) is 23.2 Å². The van der Waals surface area contributed by atoms with Crippen molar-refractivity contribution < 1.29 is 9.90 Å². The van der Waals surface area contributed by atoms with Gasteiger partial charge in [-0.3, -0.25) is 19.3 Å². The third-order valence-corrected chi connectivity index (χ3v) is 5.82. The van der Waals surface area contributed by atoms with E-state index in [1.807, 2.05) is 42.4 Å². The maximum Gasteiger partial charge on any atom is 0.278 e. The molecule has 0 aliphatic carbocycles. The summed E-state index contributed by atoms with van der Waals surface area (Å²) in [5, 5.41) is 14.3. The Kier molecular flexibility index (Phi) is 4.68. The van der Waals surface area contributed by atoms with Crippen molar-refractivity contribution in [1.29, 1.82) is 0 Å². The smallest absolute Gasteiger partial charge is 0.278 e. The van der Waals surface area contributed by atoms with E-state index in [1.165, 1.54) is 10.9 Å². The first-order valence-electron chi connectivity index (χ1n) is 9.10. The molecule has 144 valence electrons. The molecule has 1 aliphatic heterocycles. The van der Waals surface area contributed by atoms with Crippen LogP contribution in [0.2, 0.25) is 0 Å². The van der Waals surface area contributed by atoms with E-state index in [1.54, 1.807) is 27.1 Å². The predicted octanol–water partition coefficient (Wildman–Crippen LogP) is 3.24. The van der Waals surface area contributed by atoms with Crippen LogP contribution >= 0.6 is 11.3 Å². The Labute approximate surface area is 166 Å². The number of benzene rings is 1. The van der Waals surface area contributed by atoms with Crippen LogP contribution in [0.1, 0.15) is 29.9 Å². The lowest BCUT2D eigenvalue weighted by Crippen LogP contribution is -2.55. The quantitative estimate of drug-likeness (QED) is 0.737. The van der Waals surface area contributed by atoms with E-state index in [-0.39, 0.29) is 17.6 Å². The molecule has 0 atom stereocenters. The lowest BCUT2D eigenvalue weighted by molar-refractivity contribution is 0.0628. The fourth-order valence-electron chi connectivity index (χ4n) is 3.45. The molecule has 4 rings (SSSR count). The van der Waals surface area contributed by atoms with E-state index in [9.17, 15) is 14.7 Å². The van der Waals surface area contributed by atoms with Crippen LogP contribution in [0.4, 0.5) is 0 Å². The fourth-order valence-corrected chi connectivity index (χ4v) is 4.23. The van der Waals surface area contributed by atoms with Crippen LogP contribution in [0.15, 0.2) is 58.8 Å². The van der Waals surface area contributed by atoms with Crippen LogP contribution in [0.3, 0.4) is 0 Å². The first-order chi connectivity index (χ1) is 13.5. The van der Waals surface area contributed by atoms with Crippen LogP contribution < -0.4 is 10.4 Å². The van der Waals surface area contributed by atoms with Gasteiger partial charge in [0.05, 0.1) is 6.54 Å². The van der Waals surface area contributed by atoms with Crippen LogP contribution in [-0.2, 0) is 6.54 Å². The number of carbonyl (C=O) groups is 1. The van der Waals surface area contributed by atoms with Crippen molar-refractivity contribution in [2.24, 2.45) is 0 Å². The number of fused-ring (bicyclic) bond motifs is 1. The summed E-state index contributed by atoms with van der Waals surface area (Å²) in [6.07, 6.45) is 1.56. The average Bonchev–Trinajstić information content (AvgIpc) is 3.21. The molecule has 6 nitrogen and oxygen atoms in total. The van der Waals surface area contributed by atoms with Gasteiger partial charge in [-0.05, 0) is 36.4 Å². The highest BCUT2D eigenvalue weighted by molar-refractivity contribution is 7.13. The molecule has 0 bridgehead atoms. The summed E-state index contributed by atoms with van der Waals surface area (Å²) in [5.41, 5.74) is 1.70. The van der Waals surface area contributed by atoms with Crippen LogP contribution in [-0.4, -0.2) is 33.3 Å². The molecular formula is C21H21N3O3S. The van der Waals surface area contributed by atoms with Crippen molar-refractivity contribution in [3.8, 4) is 16.2 Å². The Morgan fingerprint density at radius 2 is 1.89 bits per heavy atom. The molecule has 0 spiro atoms. The molecule has 0 radical (unpaired) electrons. The molecular weight excluding hydrogens is 374 g/mol. The highest BCUT2D eigenvalue weighted by Crippen LogP contribution is 2.30. The zero-order valence-electron chi connectivity index (χ0n) is 15.7. The minimum Gasteiger partial charge on any atom is -0.502 e. The maximum atomic E-state index is 12.9. The summed E-state index contributed by atoms with van der Waals surface area (Å²) in [6.45, 7) is 4.73. The van der Waals surface area contributed by atoms with Gasteiger partial charge >= 0.3 is 0 Å². The van der Waals surface area contributed by atoms with E-state index in [0.717, 1.165) is 11.1 Å². The average molecular weight is 395 g/mol. The standard InChI is InChI=1S/C21H21N3O3S/c1-14(2)23-13-22(24-10-9-17(25)20(26)19(24)21(23)27)12-15-6-3-4-7-16(15)18-8-5-11-28-18/h3-11,14,26H,12-13H2,1-2H3. The Bertz CT molecular complexity index is 1070. The minimum atomic E-state index is -0.552. The SMILES string of the molecule is CC(C)N1CN(Cc2ccccc2-c2cccs2)n2ccc(=O)c(O)c2C1=O. The van der Waals surface area contributed by atoms with E-state index in [4.69, 9.17) is 0 Å². The van der Waals surface area contributed by atoms with Gasteiger partial charge in [-0.15, -0.1) is 11.3 Å². The number of carbonyl (C=O) groups excluding carboxylic acids is 1. The van der Waals surface area contributed by atoms with Crippen molar-refractivity contribution in [2.45, 2.75) is 26.4 Å². The number of thiophene rings is 1. The third kappa shape index (κ3) is 3.07.